The number of nitrogens with one attached hydrogen (secondary N) is 2. The number of ether oxygens (including phenoxy) is 2. The van der Waals surface area contributed by atoms with Crippen LogP contribution in [0.5, 0.6) is 0 Å². The molecule has 5 rings (SSSR count). The Morgan fingerprint density at radius 1 is 0.943 bits per heavy atom. The van der Waals surface area contributed by atoms with Crippen molar-refractivity contribution in [2.75, 3.05) is 13.2 Å². The summed E-state index contributed by atoms with van der Waals surface area (Å²) in [6, 6.07) is 16.2. The Bertz CT molecular complexity index is 1070. The van der Waals surface area contributed by atoms with Crippen molar-refractivity contribution >= 4 is 18.0 Å². The van der Waals surface area contributed by atoms with Crippen LogP contribution in [0.1, 0.15) is 49.1 Å². The van der Waals surface area contributed by atoms with Crippen molar-refractivity contribution in [1.82, 2.24) is 10.6 Å². The minimum Gasteiger partial charge on any atom is -0.481 e. The molecule has 1 aliphatic heterocycles. The second-order valence-corrected chi connectivity index (χ2v) is 9.58. The molecule has 0 spiro atoms. The lowest BCUT2D eigenvalue weighted by Crippen LogP contribution is -2.41. The first kappa shape index (κ1) is 23.4. The maximum Gasteiger partial charge on any atom is 0.407 e. The molecule has 2 unspecified atom stereocenters. The average molecular weight is 479 g/mol. The summed E-state index contributed by atoms with van der Waals surface area (Å²) < 4.78 is 11.4. The van der Waals surface area contributed by atoms with Crippen molar-refractivity contribution in [2.24, 2.45) is 5.92 Å². The first-order valence-corrected chi connectivity index (χ1v) is 12.3. The molecular formula is C27H30N2O6. The van der Waals surface area contributed by atoms with Crippen LogP contribution in [0.2, 0.25) is 0 Å². The molecule has 4 atom stereocenters. The van der Waals surface area contributed by atoms with Crippen molar-refractivity contribution in [3.05, 3.63) is 59.7 Å². The number of alkyl carbamates (subject to hydrolysis) is 1. The SMILES string of the molecule is O=C(NCC1CCC(C(=O)N[C@@H]2CC[C@H](C(=O)O)C2)O1)OCC1c2ccccc2-c2ccccc21. The normalized spacial score (nSPS) is 25.0. The van der Waals surface area contributed by atoms with Crippen LogP contribution in [0.4, 0.5) is 4.79 Å². The van der Waals surface area contributed by atoms with E-state index in [1.165, 1.54) is 11.1 Å². The van der Waals surface area contributed by atoms with E-state index in [1.807, 2.05) is 24.3 Å². The summed E-state index contributed by atoms with van der Waals surface area (Å²) in [6.45, 7) is 0.514. The first-order valence-electron chi connectivity index (χ1n) is 12.3. The lowest BCUT2D eigenvalue weighted by atomic mass is 9.98. The number of hydrogen-bond acceptors (Lipinski definition) is 5. The van der Waals surface area contributed by atoms with Gasteiger partial charge < -0.3 is 25.2 Å². The largest absolute Gasteiger partial charge is 0.481 e. The van der Waals surface area contributed by atoms with Crippen LogP contribution in [-0.2, 0) is 19.1 Å². The molecule has 2 aromatic carbocycles. The van der Waals surface area contributed by atoms with E-state index in [2.05, 4.69) is 34.9 Å². The Labute approximate surface area is 204 Å². The number of carbonyl (C=O) groups is 3. The van der Waals surface area contributed by atoms with E-state index < -0.39 is 18.2 Å². The summed E-state index contributed by atoms with van der Waals surface area (Å²) >= 11 is 0. The van der Waals surface area contributed by atoms with Gasteiger partial charge in [-0.2, -0.15) is 0 Å². The molecule has 8 nitrogen and oxygen atoms in total. The molecule has 8 heteroatoms. The summed E-state index contributed by atoms with van der Waals surface area (Å²) in [4.78, 5) is 36.0. The topological polar surface area (TPSA) is 114 Å². The van der Waals surface area contributed by atoms with Gasteiger partial charge in [0.1, 0.15) is 12.7 Å². The molecular weight excluding hydrogens is 448 g/mol. The molecule has 1 heterocycles. The van der Waals surface area contributed by atoms with Crippen LogP contribution >= 0.6 is 0 Å². The minimum atomic E-state index is -0.807. The predicted molar refractivity (Wildman–Crippen MR) is 128 cm³/mol. The fourth-order valence-corrected chi connectivity index (χ4v) is 5.53. The Morgan fingerprint density at radius 2 is 1.63 bits per heavy atom. The molecule has 1 saturated heterocycles. The molecule has 1 saturated carbocycles. The van der Waals surface area contributed by atoms with E-state index in [-0.39, 0.29) is 43.0 Å². The van der Waals surface area contributed by atoms with E-state index in [9.17, 15) is 14.4 Å². The van der Waals surface area contributed by atoms with E-state index in [0.29, 0.717) is 32.1 Å². The monoisotopic (exact) mass is 478 g/mol. The van der Waals surface area contributed by atoms with E-state index in [4.69, 9.17) is 14.6 Å². The molecule has 3 aliphatic rings. The summed E-state index contributed by atoms with van der Waals surface area (Å²) in [5.74, 6) is -1.40. The molecule has 184 valence electrons. The van der Waals surface area contributed by atoms with Crippen molar-refractivity contribution < 1.29 is 29.0 Å². The zero-order valence-electron chi connectivity index (χ0n) is 19.4. The van der Waals surface area contributed by atoms with E-state index in [0.717, 1.165) is 11.1 Å². The molecule has 2 fully saturated rings. The number of fused-ring (bicyclic) bond motifs is 3. The fraction of sp³-hybridized carbons (Fsp3) is 0.444. The second kappa shape index (κ2) is 10.1. The van der Waals surface area contributed by atoms with Crippen LogP contribution < -0.4 is 10.6 Å². The van der Waals surface area contributed by atoms with Gasteiger partial charge in [-0.25, -0.2) is 4.79 Å². The van der Waals surface area contributed by atoms with Gasteiger partial charge in [-0.1, -0.05) is 48.5 Å². The van der Waals surface area contributed by atoms with Crippen molar-refractivity contribution in [2.45, 2.75) is 56.3 Å². The molecule has 0 radical (unpaired) electrons. The summed E-state index contributed by atoms with van der Waals surface area (Å²) in [5.41, 5.74) is 4.67. The molecule has 0 aromatic heterocycles. The van der Waals surface area contributed by atoms with Gasteiger partial charge in [0.15, 0.2) is 0 Å². The zero-order chi connectivity index (χ0) is 24.4. The number of benzene rings is 2. The van der Waals surface area contributed by atoms with Gasteiger partial charge in [-0.05, 0) is 54.4 Å². The second-order valence-electron chi connectivity index (χ2n) is 9.58. The lowest BCUT2D eigenvalue weighted by molar-refractivity contribution is -0.141. The standard InChI is InChI=1S/C27H30N2O6/c30-25(29-17-10-9-16(13-17)26(31)32)24-12-11-18(35-24)14-28-27(33)34-15-23-21-7-3-1-5-19(21)20-6-2-4-8-22(20)23/h1-8,16-18,23-24H,9-15H2,(H,28,33)(H,29,30)(H,31,32)/t16-,17+,18?,24?/m0/s1. The number of amides is 2. The fourth-order valence-electron chi connectivity index (χ4n) is 5.53. The quantitative estimate of drug-likeness (QED) is 0.562. The molecule has 35 heavy (non-hydrogen) atoms. The molecule has 3 N–H and O–H groups in total. The third kappa shape index (κ3) is 5.03. The summed E-state index contributed by atoms with van der Waals surface area (Å²) in [6.07, 6.45) is 1.59. The maximum atomic E-state index is 12.5. The number of carboxylic acid groups (broad SMARTS) is 1. The highest BCUT2D eigenvalue weighted by molar-refractivity contribution is 5.82. The Morgan fingerprint density at radius 3 is 2.29 bits per heavy atom. The van der Waals surface area contributed by atoms with Gasteiger partial charge in [0.2, 0.25) is 5.91 Å². The van der Waals surface area contributed by atoms with E-state index >= 15 is 0 Å². The number of carbonyl (C=O) groups excluding carboxylic acids is 2. The average Bonchev–Trinajstić information content (AvgIpc) is 3.59. The molecule has 0 bridgehead atoms. The van der Waals surface area contributed by atoms with Crippen molar-refractivity contribution in [3.63, 3.8) is 0 Å². The highest BCUT2D eigenvalue weighted by atomic mass is 16.5. The Kier molecular flexibility index (Phi) is 6.72. The van der Waals surface area contributed by atoms with Crippen LogP contribution in [0.25, 0.3) is 11.1 Å². The zero-order valence-corrected chi connectivity index (χ0v) is 19.4. The smallest absolute Gasteiger partial charge is 0.407 e. The van der Waals surface area contributed by atoms with Crippen molar-refractivity contribution in [3.8, 4) is 11.1 Å². The van der Waals surface area contributed by atoms with Crippen molar-refractivity contribution in [1.29, 1.82) is 0 Å². The van der Waals surface area contributed by atoms with Gasteiger partial charge in [0, 0.05) is 18.5 Å². The van der Waals surface area contributed by atoms with Gasteiger partial charge >= 0.3 is 12.1 Å². The number of aliphatic carboxylic acids is 1. The van der Waals surface area contributed by atoms with Gasteiger partial charge in [0.05, 0.1) is 12.0 Å². The van der Waals surface area contributed by atoms with Gasteiger partial charge in [-0.3, -0.25) is 9.59 Å². The third-order valence-electron chi connectivity index (χ3n) is 7.35. The molecule has 2 aromatic rings. The van der Waals surface area contributed by atoms with Gasteiger partial charge in [0.25, 0.3) is 0 Å². The van der Waals surface area contributed by atoms with Crippen LogP contribution in [0.15, 0.2) is 48.5 Å². The lowest BCUT2D eigenvalue weighted by Gasteiger charge is -2.18. The summed E-state index contributed by atoms with van der Waals surface area (Å²) in [7, 11) is 0. The third-order valence-corrected chi connectivity index (χ3v) is 7.35. The van der Waals surface area contributed by atoms with Crippen LogP contribution in [-0.4, -0.2) is 54.5 Å². The Balaban J connectivity index is 1.06. The number of rotatable bonds is 7. The highest BCUT2D eigenvalue weighted by Crippen LogP contribution is 2.44. The predicted octanol–water partition coefficient (Wildman–Crippen LogP) is 3.44. The summed E-state index contributed by atoms with van der Waals surface area (Å²) in [5, 5.41) is 14.8. The minimum absolute atomic E-state index is 0.000249. The van der Waals surface area contributed by atoms with Crippen LogP contribution in [0.3, 0.4) is 0 Å². The number of carboxylic acids is 1. The molecule has 2 amide bonds. The first-order chi connectivity index (χ1) is 17.0. The highest BCUT2D eigenvalue weighted by Gasteiger charge is 2.35. The maximum absolute atomic E-state index is 12.5. The Hall–Kier alpha value is -3.39. The van der Waals surface area contributed by atoms with Crippen LogP contribution in [0, 0.1) is 5.92 Å². The number of hydrogen-bond donors (Lipinski definition) is 3. The van der Waals surface area contributed by atoms with Gasteiger partial charge in [-0.15, -0.1) is 0 Å². The molecule has 2 aliphatic carbocycles. The van der Waals surface area contributed by atoms with E-state index in [1.54, 1.807) is 0 Å².